The van der Waals surface area contributed by atoms with Crippen molar-refractivity contribution in [3.05, 3.63) is 255 Å². The molecular weight excluding hydrogens is 773 g/mol. The second-order valence-electron chi connectivity index (χ2n) is 16.5. The lowest BCUT2D eigenvalue weighted by atomic mass is 9.93. The first-order chi connectivity index (χ1) is 31.8. The Hall–Kier alpha value is -8.46. The molecule has 12 aromatic rings. The van der Waals surface area contributed by atoms with Crippen molar-refractivity contribution < 1.29 is 0 Å². The molecule has 0 saturated heterocycles. The molecule has 12 rings (SSSR count). The molecule has 0 aliphatic carbocycles. The normalized spacial score (nSPS) is 11.4. The first-order valence-corrected chi connectivity index (χ1v) is 22.0. The monoisotopic (exact) mass is 814 g/mol. The molecule has 2 nitrogen and oxygen atoms in total. The van der Waals surface area contributed by atoms with Gasteiger partial charge in [-0.05, 0) is 121 Å². The third-order valence-electron chi connectivity index (χ3n) is 12.8. The maximum Gasteiger partial charge on any atom is 0.0541 e. The van der Waals surface area contributed by atoms with Crippen LogP contribution in [0.15, 0.2) is 255 Å². The lowest BCUT2D eigenvalue weighted by molar-refractivity contribution is 1.18. The number of benzene rings is 11. The van der Waals surface area contributed by atoms with Crippen LogP contribution in [0.2, 0.25) is 0 Å². The highest BCUT2D eigenvalue weighted by Crippen LogP contribution is 2.45. The molecule has 0 bridgehead atoms. The highest BCUT2D eigenvalue weighted by atomic mass is 15.1. The zero-order valence-electron chi connectivity index (χ0n) is 35.1. The van der Waals surface area contributed by atoms with E-state index in [1.807, 2.05) is 0 Å². The Kier molecular flexibility index (Phi) is 9.20. The van der Waals surface area contributed by atoms with E-state index < -0.39 is 0 Å². The van der Waals surface area contributed by atoms with Gasteiger partial charge in [0.05, 0.1) is 16.7 Å². The topological polar surface area (TPSA) is 8.17 Å². The average molecular weight is 815 g/mol. The smallest absolute Gasteiger partial charge is 0.0541 e. The van der Waals surface area contributed by atoms with Gasteiger partial charge >= 0.3 is 0 Å². The molecule has 0 N–H and O–H groups in total. The largest absolute Gasteiger partial charge is 0.310 e. The molecule has 0 unspecified atom stereocenters. The van der Waals surface area contributed by atoms with Gasteiger partial charge in [0.15, 0.2) is 0 Å². The zero-order chi connectivity index (χ0) is 42.4. The van der Waals surface area contributed by atoms with E-state index >= 15 is 0 Å². The third-order valence-corrected chi connectivity index (χ3v) is 12.8. The van der Waals surface area contributed by atoms with Gasteiger partial charge in [-0.2, -0.15) is 0 Å². The molecule has 1 heterocycles. The van der Waals surface area contributed by atoms with Crippen LogP contribution in [0.25, 0.3) is 93.5 Å². The van der Waals surface area contributed by atoms with Crippen molar-refractivity contribution in [3.8, 4) is 50.2 Å². The number of anilines is 3. The van der Waals surface area contributed by atoms with Gasteiger partial charge in [-0.25, -0.2) is 0 Å². The molecule has 64 heavy (non-hydrogen) atoms. The van der Waals surface area contributed by atoms with Crippen LogP contribution in [-0.4, -0.2) is 4.57 Å². The van der Waals surface area contributed by atoms with Crippen LogP contribution in [0, 0.1) is 0 Å². The van der Waals surface area contributed by atoms with Gasteiger partial charge in [0.2, 0.25) is 0 Å². The second kappa shape index (κ2) is 15.8. The van der Waals surface area contributed by atoms with E-state index in [-0.39, 0.29) is 0 Å². The summed E-state index contributed by atoms with van der Waals surface area (Å²) in [6.45, 7) is 0. The Morgan fingerprint density at radius 3 is 1.58 bits per heavy atom. The first-order valence-electron chi connectivity index (χ1n) is 22.0. The van der Waals surface area contributed by atoms with Gasteiger partial charge < -0.3 is 9.47 Å². The predicted molar refractivity (Wildman–Crippen MR) is 272 cm³/mol. The summed E-state index contributed by atoms with van der Waals surface area (Å²) in [6.07, 6.45) is 0. The van der Waals surface area contributed by atoms with Crippen LogP contribution < -0.4 is 4.90 Å². The predicted octanol–water partition coefficient (Wildman–Crippen LogP) is 17.2. The molecule has 0 spiro atoms. The van der Waals surface area contributed by atoms with Gasteiger partial charge in [-0.1, -0.05) is 194 Å². The van der Waals surface area contributed by atoms with Crippen LogP contribution in [0.3, 0.4) is 0 Å². The molecule has 300 valence electrons. The van der Waals surface area contributed by atoms with Gasteiger partial charge in [-0.15, -0.1) is 0 Å². The van der Waals surface area contributed by atoms with E-state index in [0.29, 0.717) is 0 Å². The first kappa shape index (κ1) is 37.3. The number of hydrogen-bond acceptors (Lipinski definition) is 1. The van der Waals surface area contributed by atoms with Crippen molar-refractivity contribution in [2.45, 2.75) is 0 Å². The van der Waals surface area contributed by atoms with E-state index in [1.165, 1.54) is 71.2 Å². The Labute approximate surface area is 373 Å². The molecule has 0 fully saturated rings. The van der Waals surface area contributed by atoms with Crippen molar-refractivity contribution in [3.63, 3.8) is 0 Å². The van der Waals surface area contributed by atoms with Crippen molar-refractivity contribution in [2.75, 3.05) is 4.90 Å². The fourth-order valence-corrected chi connectivity index (χ4v) is 9.86. The summed E-state index contributed by atoms with van der Waals surface area (Å²) < 4.78 is 2.38. The van der Waals surface area contributed by atoms with Crippen LogP contribution in [-0.2, 0) is 0 Å². The Morgan fingerprint density at radius 2 is 0.797 bits per heavy atom. The minimum atomic E-state index is 1.08. The standard InChI is InChI=1S/C62H42N2/c1-3-18-43(19-4-1)51-27-9-10-29-53(51)45-21-15-25-49(40-45)63(50-26-16-22-46(41-50)54-32-17-33-56-52-28-8-7-20-44(52)36-38-57(54)56)60-34-13-11-30-55(60)47-37-39-62-59(42-47)58-31-12-14-35-61(58)64(62)48-23-5-2-6-24-48/h1-42H. The van der Waals surface area contributed by atoms with Crippen molar-refractivity contribution in [2.24, 2.45) is 0 Å². The Morgan fingerprint density at radius 1 is 0.266 bits per heavy atom. The van der Waals surface area contributed by atoms with Crippen LogP contribution in [0.5, 0.6) is 0 Å². The molecular formula is C62H42N2. The molecule has 0 radical (unpaired) electrons. The van der Waals surface area contributed by atoms with Gasteiger partial charge in [0.25, 0.3) is 0 Å². The number of hydrogen-bond donors (Lipinski definition) is 0. The van der Waals surface area contributed by atoms with Crippen LogP contribution in [0.4, 0.5) is 17.1 Å². The van der Waals surface area contributed by atoms with E-state index in [1.54, 1.807) is 0 Å². The van der Waals surface area contributed by atoms with Crippen molar-refractivity contribution in [1.82, 2.24) is 4.57 Å². The van der Waals surface area contributed by atoms with Crippen molar-refractivity contribution in [1.29, 1.82) is 0 Å². The minimum Gasteiger partial charge on any atom is -0.310 e. The molecule has 0 atom stereocenters. The summed E-state index contributed by atoms with van der Waals surface area (Å²) in [5, 5.41) is 7.48. The van der Waals surface area contributed by atoms with E-state index in [2.05, 4.69) is 264 Å². The average Bonchev–Trinajstić information content (AvgIpc) is 3.71. The molecule has 2 heteroatoms. The minimum absolute atomic E-state index is 1.08. The lowest BCUT2D eigenvalue weighted by Gasteiger charge is -2.29. The maximum absolute atomic E-state index is 2.45. The number of aromatic nitrogens is 1. The van der Waals surface area contributed by atoms with Crippen molar-refractivity contribution >= 4 is 60.4 Å². The van der Waals surface area contributed by atoms with E-state index in [0.717, 1.165) is 39.4 Å². The maximum atomic E-state index is 2.45. The van der Waals surface area contributed by atoms with Gasteiger partial charge in [0.1, 0.15) is 0 Å². The van der Waals surface area contributed by atoms with Crippen LogP contribution in [0.1, 0.15) is 0 Å². The number of para-hydroxylation sites is 3. The fraction of sp³-hybridized carbons (Fsp3) is 0. The summed E-state index contributed by atoms with van der Waals surface area (Å²) in [4.78, 5) is 2.45. The summed E-state index contributed by atoms with van der Waals surface area (Å²) in [7, 11) is 0. The summed E-state index contributed by atoms with van der Waals surface area (Å²) in [5.74, 6) is 0. The molecule has 11 aromatic carbocycles. The summed E-state index contributed by atoms with van der Waals surface area (Å²) in [6, 6.07) is 92.8. The van der Waals surface area contributed by atoms with Gasteiger partial charge in [0, 0.05) is 33.4 Å². The molecule has 0 aliphatic heterocycles. The fourth-order valence-electron chi connectivity index (χ4n) is 9.86. The third kappa shape index (κ3) is 6.44. The summed E-state index contributed by atoms with van der Waals surface area (Å²) in [5.41, 5.74) is 16.2. The summed E-state index contributed by atoms with van der Waals surface area (Å²) >= 11 is 0. The Balaban J connectivity index is 1.06. The van der Waals surface area contributed by atoms with E-state index in [9.17, 15) is 0 Å². The quantitative estimate of drug-likeness (QED) is 0.139. The number of fused-ring (bicyclic) bond motifs is 6. The Bertz CT molecular complexity index is 3680. The SMILES string of the molecule is c1ccc(-c2ccccc2-c2cccc(N(c3cccc(-c4cccc5c4ccc4ccccc45)c3)c3ccccc3-c3ccc4c(c3)c3ccccc3n4-c3ccccc3)c2)cc1. The highest BCUT2D eigenvalue weighted by molar-refractivity contribution is 6.13. The highest BCUT2D eigenvalue weighted by Gasteiger charge is 2.21. The number of rotatable bonds is 8. The lowest BCUT2D eigenvalue weighted by Crippen LogP contribution is -2.11. The second-order valence-corrected chi connectivity index (χ2v) is 16.5. The molecule has 0 amide bonds. The zero-order valence-corrected chi connectivity index (χ0v) is 35.1. The molecule has 0 saturated carbocycles. The van der Waals surface area contributed by atoms with Gasteiger partial charge in [-0.3, -0.25) is 0 Å². The van der Waals surface area contributed by atoms with Crippen LogP contribution >= 0.6 is 0 Å². The number of nitrogens with zero attached hydrogens (tertiary/aromatic N) is 2. The molecule has 0 aliphatic rings. The van der Waals surface area contributed by atoms with E-state index in [4.69, 9.17) is 0 Å². The molecule has 1 aromatic heterocycles.